The molecule has 2 rings (SSSR count). The van der Waals surface area contributed by atoms with Crippen molar-refractivity contribution in [3.8, 4) is 0 Å². The third-order valence-corrected chi connectivity index (χ3v) is 2.89. The van der Waals surface area contributed by atoms with E-state index in [2.05, 4.69) is 5.32 Å². The molecule has 0 fully saturated rings. The van der Waals surface area contributed by atoms with Gasteiger partial charge in [-0.2, -0.15) is 0 Å². The zero-order valence-corrected chi connectivity index (χ0v) is 11.4. The number of nitrogens with one attached hydrogen (secondary N) is 1. The van der Waals surface area contributed by atoms with E-state index in [1.165, 1.54) is 6.20 Å². The van der Waals surface area contributed by atoms with E-state index in [1.807, 2.05) is 19.1 Å². The molecular weight excluding hydrogens is 268 g/mol. The molecule has 0 heterocycles. The molecule has 5 nitrogen and oxygen atoms in total. The first kappa shape index (κ1) is 14.5. The molecule has 2 aromatic carbocycles. The number of benzene rings is 2. The fourth-order valence-electron chi connectivity index (χ4n) is 1.91. The van der Waals surface area contributed by atoms with E-state index in [-0.39, 0.29) is 5.78 Å². The molecule has 0 amide bonds. The number of nitrogens with zero attached hydrogens (tertiary/aromatic N) is 1. The minimum Gasteiger partial charge on any atom is -0.356 e. The second-order valence-corrected chi connectivity index (χ2v) is 4.49. The van der Waals surface area contributed by atoms with Crippen molar-refractivity contribution >= 4 is 11.5 Å². The van der Waals surface area contributed by atoms with Gasteiger partial charge in [-0.25, -0.2) is 0 Å². The van der Waals surface area contributed by atoms with Crippen LogP contribution in [0, 0.1) is 17.0 Å². The summed E-state index contributed by atoms with van der Waals surface area (Å²) in [4.78, 5) is 22.2. The van der Waals surface area contributed by atoms with Crippen LogP contribution in [0.3, 0.4) is 0 Å². The van der Waals surface area contributed by atoms with E-state index >= 15 is 0 Å². The standard InChI is InChI=1S/C16H14N2O3/c1-12-7-8-14(15(11-12)17-9-10-18(20)21)16(19)13-5-3-2-4-6-13/h2-11,17H,1H3. The van der Waals surface area contributed by atoms with E-state index in [0.717, 1.165) is 11.8 Å². The van der Waals surface area contributed by atoms with Crippen molar-refractivity contribution in [2.24, 2.45) is 0 Å². The van der Waals surface area contributed by atoms with Crippen molar-refractivity contribution in [3.05, 3.63) is 87.7 Å². The maximum atomic E-state index is 12.5. The van der Waals surface area contributed by atoms with Crippen LogP contribution < -0.4 is 5.32 Å². The highest BCUT2D eigenvalue weighted by atomic mass is 16.6. The van der Waals surface area contributed by atoms with Crippen molar-refractivity contribution < 1.29 is 9.72 Å². The summed E-state index contributed by atoms with van der Waals surface area (Å²) in [5.41, 5.74) is 2.54. The quantitative estimate of drug-likeness (QED) is 0.518. The molecule has 0 atom stereocenters. The van der Waals surface area contributed by atoms with Crippen LogP contribution in [0.15, 0.2) is 60.9 Å². The summed E-state index contributed by atoms with van der Waals surface area (Å²) in [6.45, 7) is 1.89. The summed E-state index contributed by atoms with van der Waals surface area (Å²) in [7, 11) is 0. The predicted molar refractivity (Wildman–Crippen MR) is 80.8 cm³/mol. The first-order valence-corrected chi connectivity index (χ1v) is 6.35. The van der Waals surface area contributed by atoms with Crippen molar-refractivity contribution in [2.75, 3.05) is 5.32 Å². The third-order valence-electron chi connectivity index (χ3n) is 2.89. The Bertz CT molecular complexity index is 694. The smallest absolute Gasteiger partial charge is 0.250 e. The highest BCUT2D eigenvalue weighted by Gasteiger charge is 2.13. The summed E-state index contributed by atoms with van der Waals surface area (Å²) >= 11 is 0. The Morgan fingerprint density at radius 3 is 2.57 bits per heavy atom. The molecule has 0 saturated heterocycles. The number of carbonyl (C=O) groups is 1. The summed E-state index contributed by atoms with van der Waals surface area (Å²) in [5, 5.41) is 13.1. The van der Waals surface area contributed by atoms with Crippen molar-refractivity contribution in [3.63, 3.8) is 0 Å². The number of aryl methyl sites for hydroxylation is 1. The van der Waals surface area contributed by atoms with Crippen LogP contribution in [-0.2, 0) is 0 Å². The zero-order chi connectivity index (χ0) is 15.2. The number of carbonyl (C=O) groups excluding carboxylic acids is 1. The average Bonchev–Trinajstić information content (AvgIpc) is 2.47. The molecule has 0 bridgehead atoms. The van der Waals surface area contributed by atoms with Crippen LogP contribution in [0.1, 0.15) is 21.5 Å². The van der Waals surface area contributed by atoms with Gasteiger partial charge >= 0.3 is 0 Å². The summed E-state index contributed by atoms with van der Waals surface area (Å²) in [5.74, 6) is -0.132. The number of ketones is 1. The van der Waals surface area contributed by atoms with E-state index < -0.39 is 4.92 Å². The van der Waals surface area contributed by atoms with Gasteiger partial charge in [0.1, 0.15) is 0 Å². The minimum absolute atomic E-state index is 0.132. The first-order valence-electron chi connectivity index (χ1n) is 6.35. The van der Waals surface area contributed by atoms with Crippen LogP contribution >= 0.6 is 0 Å². The Morgan fingerprint density at radius 2 is 1.90 bits per heavy atom. The van der Waals surface area contributed by atoms with E-state index in [1.54, 1.807) is 36.4 Å². The molecule has 0 aliphatic rings. The van der Waals surface area contributed by atoms with Crippen molar-refractivity contribution in [2.45, 2.75) is 6.92 Å². The summed E-state index contributed by atoms with van der Waals surface area (Å²) in [6, 6.07) is 14.2. The molecule has 5 heteroatoms. The van der Waals surface area contributed by atoms with Gasteiger partial charge in [0.05, 0.1) is 11.1 Å². The number of anilines is 1. The first-order chi connectivity index (χ1) is 10.1. The van der Waals surface area contributed by atoms with Crippen LogP contribution in [0.25, 0.3) is 0 Å². The van der Waals surface area contributed by atoms with Crippen LogP contribution in [-0.4, -0.2) is 10.7 Å². The Kier molecular flexibility index (Phi) is 4.46. The SMILES string of the molecule is Cc1ccc(C(=O)c2ccccc2)c(NC=C[N+](=O)[O-])c1. The maximum Gasteiger partial charge on any atom is 0.250 e. The molecule has 0 unspecified atom stereocenters. The van der Waals surface area contributed by atoms with E-state index in [4.69, 9.17) is 0 Å². The Labute approximate surface area is 122 Å². The largest absolute Gasteiger partial charge is 0.356 e. The van der Waals surface area contributed by atoms with Crippen LogP contribution in [0.4, 0.5) is 5.69 Å². The molecule has 2 aromatic rings. The molecule has 21 heavy (non-hydrogen) atoms. The number of hydrogen-bond donors (Lipinski definition) is 1. The van der Waals surface area contributed by atoms with Gasteiger partial charge in [-0.15, -0.1) is 0 Å². The van der Waals surface area contributed by atoms with Crippen LogP contribution in [0.5, 0.6) is 0 Å². The van der Waals surface area contributed by atoms with Crippen LogP contribution in [0.2, 0.25) is 0 Å². The second kappa shape index (κ2) is 6.47. The lowest BCUT2D eigenvalue weighted by Gasteiger charge is -2.09. The molecule has 0 aromatic heterocycles. The lowest BCUT2D eigenvalue weighted by molar-refractivity contribution is -0.402. The normalized spacial score (nSPS) is 10.5. The monoisotopic (exact) mass is 282 g/mol. The average molecular weight is 282 g/mol. The highest BCUT2D eigenvalue weighted by Crippen LogP contribution is 2.21. The van der Waals surface area contributed by atoms with Gasteiger partial charge in [-0.05, 0) is 24.6 Å². The predicted octanol–water partition coefficient (Wildman–Crippen LogP) is 3.39. The maximum absolute atomic E-state index is 12.5. The fraction of sp³-hybridized carbons (Fsp3) is 0.0625. The summed E-state index contributed by atoms with van der Waals surface area (Å²) in [6.07, 6.45) is 2.00. The molecule has 0 spiro atoms. The van der Waals surface area contributed by atoms with Gasteiger partial charge in [0.2, 0.25) is 6.20 Å². The van der Waals surface area contributed by atoms with Crippen molar-refractivity contribution in [1.82, 2.24) is 0 Å². The fourth-order valence-corrected chi connectivity index (χ4v) is 1.91. The highest BCUT2D eigenvalue weighted by molar-refractivity contribution is 6.12. The van der Waals surface area contributed by atoms with Gasteiger partial charge in [0, 0.05) is 16.8 Å². The zero-order valence-electron chi connectivity index (χ0n) is 11.4. The Morgan fingerprint density at radius 1 is 1.19 bits per heavy atom. The van der Waals surface area contributed by atoms with Gasteiger partial charge in [-0.1, -0.05) is 36.4 Å². The van der Waals surface area contributed by atoms with E-state index in [9.17, 15) is 14.9 Å². The molecule has 0 saturated carbocycles. The minimum atomic E-state index is -0.568. The van der Waals surface area contributed by atoms with Crippen molar-refractivity contribution in [1.29, 1.82) is 0 Å². The second-order valence-electron chi connectivity index (χ2n) is 4.49. The topological polar surface area (TPSA) is 72.2 Å². The van der Waals surface area contributed by atoms with Gasteiger partial charge in [0.15, 0.2) is 5.78 Å². The third kappa shape index (κ3) is 3.76. The molecule has 1 N–H and O–H groups in total. The Hall–Kier alpha value is -2.95. The molecule has 0 aliphatic heterocycles. The molecule has 106 valence electrons. The molecule has 0 radical (unpaired) electrons. The molecular formula is C16H14N2O3. The Balaban J connectivity index is 2.35. The van der Waals surface area contributed by atoms with E-state index in [0.29, 0.717) is 16.8 Å². The lowest BCUT2D eigenvalue weighted by Crippen LogP contribution is -2.05. The number of rotatable bonds is 5. The number of hydrogen-bond acceptors (Lipinski definition) is 4. The lowest BCUT2D eigenvalue weighted by atomic mass is 10.0. The van der Waals surface area contributed by atoms with Gasteiger partial charge < -0.3 is 5.32 Å². The van der Waals surface area contributed by atoms with Gasteiger partial charge in [0.25, 0.3) is 0 Å². The molecule has 0 aliphatic carbocycles. The van der Waals surface area contributed by atoms with Gasteiger partial charge in [-0.3, -0.25) is 14.9 Å². The number of nitro groups is 1. The summed E-state index contributed by atoms with van der Waals surface area (Å²) < 4.78 is 0.